The number of benzene rings is 1. The molecule has 2 atom stereocenters. The molecular formula is C12H14O3S. The summed E-state index contributed by atoms with van der Waals surface area (Å²) in [5, 5.41) is 0. The minimum absolute atomic E-state index is 0.219. The first-order valence-corrected chi connectivity index (χ1v) is 6.67. The fourth-order valence-corrected chi connectivity index (χ4v) is 3.18. The third-order valence-corrected chi connectivity index (χ3v) is 4.55. The molecule has 4 heteroatoms. The summed E-state index contributed by atoms with van der Waals surface area (Å²) < 4.78 is 29.2. The normalized spacial score (nSPS) is 24.1. The van der Waals surface area contributed by atoms with E-state index in [0.29, 0.717) is 11.3 Å². The van der Waals surface area contributed by atoms with Crippen molar-refractivity contribution in [2.45, 2.75) is 29.8 Å². The molecule has 86 valence electrons. The van der Waals surface area contributed by atoms with Gasteiger partial charge in [0, 0.05) is 0 Å². The SMILES string of the molecule is C=CCC1OC1S(=O)(=O)c1ccc(C)cc1. The first kappa shape index (κ1) is 11.4. The first-order valence-electron chi connectivity index (χ1n) is 5.12. The number of aryl methyl sites for hydroxylation is 1. The Morgan fingerprint density at radius 1 is 1.38 bits per heavy atom. The van der Waals surface area contributed by atoms with E-state index in [-0.39, 0.29) is 6.10 Å². The average molecular weight is 238 g/mol. The Morgan fingerprint density at radius 3 is 2.56 bits per heavy atom. The lowest BCUT2D eigenvalue weighted by molar-refractivity contribution is 0.395. The lowest BCUT2D eigenvalue weighted by atomic mass is 10.2. The molecule has 3 nitrogen and oxygen atoms in total. The standard InChI is InChI=1S/C12H14O3S/c1-3-4-11-12(15-11)16(13,14)10-7-5-9(2)6-8-10/h3,5-8,11-12H,1,4H2,2H3. The second kappa shape index (κ2) is 4.03. The van der Waals surface area contributed by atoms with Crippen LogP contribution in [0.1, 0.15) is 12.0 Å². The minimum Gasteiger partial charge on any atom is -0.352 e. The van der Waals surface area contributed by atoms with Gasteiger partial charge in [0.2, 0.25) is 9.84 Å². The zero-order valence-corrected chi connectivity index (χ0v) is 9.91. The lowest BCUT2D eigenvalue weighted by Gasteiger charge is -2.01. The van der Waals surface area contributed by atoms with Crippen molar-refractivity contribution in [1.29, 1.82) is 0 Å². The van der Waals surface area contributed by atoms with E-state index in [9.17, 15) is 8.42 Å². The molecule has 0 saturated carbocycles. The maximum atomic E-state index is 12.0. The molecule has 0 aliphatic carbocycles. The molecule has 0 radical (unpaired) electrons. The largest absolute Gasteiger partial charge is 0.352 e. The molecule has 0 amide bonds. The van der Waals surface area contributed by atoms with Crippen LogP contribution in [-0.4, -0.2) is 20.0 Å². The third-order valence-electron chi connectivity index (χ3n) is 2.59. The number of rotatable bonds is 4. The van der Waals surface area contributed by atoms with Crippen molar-refractivity contribution in [1.82, 2.24) is 0 Å². The quantitative estimate of drug-likeness (QED) is 0.596. The van der Waals surface area contributed by atoms with Crippen molar-refractivity contribution in [3.8, 4) is 0 Å². The van der Waals surface area contributed by atoms with E-state index in [4.69, 9.17) is 4.74 Å². The third kappa shape index (κ3) is 2.03. The van der Waals surface area contributed by atoms with Crippen molar-refractivity contribution in [2.75, 3.05) is 0 Å². The van der Waals surface area contributed by atoms with Gasteiger partial charge in [-0.1, -0.05) is 23.8 Å². The topological polar surface area (TPSA) is 46.7 Å². The fourth-order valence-electron chi connectivity index (χ4n) is 1.59. The molecule has 0 aromatic heterocycles. The van der Waals surface area contributed by atoms with E-state index >= 15 is 0 Å². The zero-order valence-electron chi connectivity index (χ0n) is 9.09. The van der Waals surface area contributed by atoms with Gasteiger partial charge in [-0.05, 0) is 25.5 Å². The van der Waals surface area contributed by atoms with Gasteiger partial charge in [-0.3, -0.25) is 0 Å². The molecule has 0 spiro atoms. The smallest absolute Gasteiger partial charge is 0.207 e. The Morgan fingerprint density at radius 2 is 2.00 bits per heavy atom. The highest BCUT2D eigenvalue weighted by atomic mass is 32.2. The van der Waals surface area contributed by atoms with Crippen molar-refractivity contribution >= 4 is 9.84 Å². The van der Waals surface area contributed by atoms with Gasteiger partial charge in [0.1, 0.15) is 6.10 Å². The molecule has 0 N–H and O–H groups in total. The first-order chi connectivity index (χ1) is 7.55. The van der Waals surface area contributed by atoms with Crippen LogP contribution in [0.15, 0.2) is 41.8 Å². The highest BCUT2D eigenvalue weighted by molar-refractivity contribution is 7.92. The predicted octanol–water partition coefficient (Wildman–Crippen LogP) is 2.07. The van der Waals surface area contributed by atoms with Crippen LogP contribution < -0.4 is 0 Å². The molecule has 1 aliphatic rings. The second-order valence-corrected chi connectivity index (χ2v) is 5.95. The number of ether oxygens (including phenoxy) is 1. The molecule has 0 bridgehead atoms. The molecule has 16 heavy (non-hydrogen) atoms. The van der Waals surface area contributed by atoms with Gasteiger partial charge in [0.05, 0.1) is 4.90 Å². The average Bonchev–Trinajstić information content (AvgIpc) is 2.99. The van der Waals surface area contributed by atoms with Gasteiger partial charge in [-0.2, -0.15) is 0 Å². The summed E-state index contributed by atoms with van der Waals surface area (Å²) in [5.74, 6) is 0. The Balaban J connectivity index is 2.21. The summed E-state index contributed by atoms with van der Waals surface area (Å²) in [4.78, 5) is 0.328. The van der Waals surface area contributed by atoms with Crippen molar-refractivity contribution in [3.05, 3.63) is 42.5 Å². The Hall–Kier alpha value is -1.13. The van der Waals surface area contributed by atoms with Crippen LogP contribution in [0.4, 0.5) is 0 Å². The van der Waals surface area contributed by atoms with Crippen LogP contribution in [0, 0.1) is 6.92 Å². The van der Waals surface area contributed by atoms with Gasteiger partial charge < -0.3 is 4.74 Å². The van der Waals surface area contributed by atoms with Crippen molar-refractivity contribution in [2.24, 2.45) is 0 Å². The molecule has 2 rings (SSSR count). The summed E-state index contributed by atoms with van der Waals surface area (Å²) in [6, 6.07) is 6.82. The van der Waals surface area contributed by atoms with Crippen LogP contribution in [0.5, 0.6) is 0 Å². The van der Waals surface area contributed by atoms with Gasteiger partial charge in [0.15, 0.2) is 5.44 Å². The highest BCUT2D eigenvalue weighted by Crippen LogP contribution is 2.34. The lowest BCUT2D eigenvalue weighted by Crippen LogP contribution is -2.11. The number of hydrogen-bond donors (Lipinski definition) is 0. The van der Waals surface area contributed by atoms with Crippen molar-refractivity contribution < 1.29 is 13.2 Å². The number of hydrogen-bond acceptors (Lipinski definition) is 3. The molecular weight excluding hydrogens is 224 g/mol. The van der Waals surface area contributed by atoms with Gasteiger partial charge >= 0.3 is 0 Å². The van der Waals surface area contributed by atoms with E-state index in [2.05, 4.69) is 6.58 Å². The summed E-state index contributed by atoms with van der Waals surface area (Å²) >= 11 is 0. The highest BCUT2D eigenvalue weighted by Gasteiger charge is 2.48. The van der Waals surface area contributed by atoms with Crippen LogP contribution in [0.2, 0.25) is 0 Å². The Kier molecular flexibility index (Phi) is 2.86. The molecule has 1 aliphatic heterocycles. The molecule has 1 heterocycles. The van der Waals surface area contributed by atoms with Crippen LogP contribution >= 0.6 is 0 Å². The molecule has 1 aromatic rings. The van der Waals surface area contributed by atoms with Crippen molar-refractivity contribution in [3.63, 3.8) is 0 Å². The van der Waals surface area contributed by atoms with Gasteiger partial charge in [-0.25, -0.2) is 8.42 Å². The minimum atomic E-state index is -3.32. The van der Waals surface area contributed by atoms with Gasteiger partial charge in [0.25, 0.3) is 0 Å². The Bertz CT molecular complexity index is 488. The summed E-state index contributed by atoms with van der Waals surface area (Å²) in [5.41, 5.74) is 0.353. The monoisotopic (exact) mass is 238 g/mol. The molecule has 1 fully saturated rings. The fraction of sp³-hybridized carbons (Fsp3) is 0.333. The maximum absolute atomic E-state index is 12.0. The van der Waals surface area contributed by atoms with Crippen LogP contribution in [0.3, 0.4) is 0 Å². The Labute approximate surface area is 95.7 Å². The molecule has 1 saturated heterocycles. The summed E-state index contributed by atoms with van der Waals surface area (Å²) in [6.07, 6.45) is 2.04. The zero-order chi connectivity index (χ0) is 11.8. The molecule has 2 unspecified atom stereocenters. The van der Waals surface area contributed by atoms with Crippen LogP contribution in [0.25, 0.3) is 0 Å². The van der Waals surface area contributed by atoms with E-state index in [1.807, 2.05) is 6.92 Å². The second-order valence-electron chi connectivity index (χ2n) is 3.93. The number of epoxide rings is 1. The van der Waals surface area contributed by atoms with E-state index in [0.717, 1.165) is 5.56 Å². The van der Waals surface area contributed by atoms with E-state index < -0.39 is 15.3 Å². The summed E-state index contributed by atoms with van der Waals surface area (Å²) in [6.45, 7) is 5.49. The maximum Gasteiger partial charge on any atom is 0.207 e. The van der Waals surface area contributed by atoms with E-state index in [1.165, 1.54) is 0 Å². The summed E-state index contributed by atoms with van der Waals surface area (Å²) in [7, 11) is -3.32. The predicted molar refractivity (Wildman–Crippen MR) is 61.8 cm³/mol. The molecule has 1 aromatic carbocycles. The number of sulfone groups is 1. The van der Waals surface area contributed by atoms with Crippen LogP contribution in [-0.2, 0) is 14.6 Å². The van der Waals surface area contributed by atoms with Gasteiger partial charge in [-0.15, -0.1) is 6.58 Å². The van der Waals surface area contributed by atoms with E-state index in [1.54, 1.807) is 30.3 Å².